The van der Waals surface area contributed by atoms with Crippen LogP contribution in [0.3, 0.4) is 0 Å². The van der Waals surface area contributed by atoms with Crippen molar-refractivity contribution in [2.24, 2.45) is 4.99 Å². The number of nitrogens with zero attached hydrogens (tertiary/aromatic N) is 4. The van der Waals surface area contributed by atoms with E-state index in [-0.39, 0.29) is 5.91 Å². The molecular formula is C26H36N6O. The molecule has 0 radical (unpaired) electrons. The predicted molar refractivity (Wildman–Crippen MR) is 132 cm³/mol. The van der Waals surface area contributed by atoms with Gasteiger partial charge >= 0.3 is 0 Å². The Balaban J connectivity index is 1.17. The van der Waals surface area contributed by atoms with Crippen molar-refractivity contribution in [1.29, 1.82) is 0 Å². The van der Waals surface area contributed by atoms with Crippen LogP contribution >= 0.6 is 0 Å². The molecule has 2 aromatic rings. The fourth-order valence-electron chi connectivity index (χ4n) is 4.56. The highest BCUT2D eigenvalue weighted by Gasteiger charge is 2.22. The van der Waals surface area contributed by atoms with Crippen LogP contribution in [0.4, 0.5) is 0 Å². The summed E-state index contributed by atoms with van der Waals surface area (Å²) in [5.41, 5.74) is 3.67. The van der Waals surface area contributed by atoms with Gasteiger partial charge in [-0.1, -0.05) is 30.3 Å². The van der Waals surface area contributed by atoms with Gasteiger partial charge in [-0.15, -0.1) is 0 Å². The first-order valence-electron chi connectivity index (χ1n) is 12.2. The van der Waals surface area contributed by atoms with Crippen LogP contribution < -0.4 is 10.6 Å². The standard InChI is InChI=1S/C26H36N6O/c1-2-27-26(30-23-12-16-31(17-13-23)20-24-10-5-6-14-28-24)29-15-7-11-25(33)32-18-21-8-3-4-9-22(21)19-32/h3-6,8-10,14,23H,2,7,11-13,15-20H2,1H3,(H2,27,29,30). The van der Waals surface area contributed by atoms with Gasteiger partial charge in [0, 0.05) is 64.5 Å². The van der Waals surface area contributed by atoms with Crippen molar-refractivity contribution < 1.29 is 4.79 Å². The van der Waals surface area contributed by atoms with Gasteiger partial charge in [0.1, 0.15) is 0 Å². The van der Waals surface area contributed by atoms with E-state index in [9.17, 15) is 4.79 Å². The van der Waals surface area contributed by atoms with E-state index in [0.29, 0.717) is 19.0 Å². The number of hydrogen-bond acceptors (Lipinski definition) is 4. The molecule has 2 aliphatic heterocycles. The van der Waals surface area contributed by atoms with Crippen LogP contribution in [0, 0.1) is 0 Å². The number of fused-ring (bicyclic) bond motifs is 1. The Morgan fingerprint density at radius 2 is 1.82 bits per heavy atom. The van der Waals surface area contributed by atoms with Gasteiger partial charge in [-0.3, -0.25) is 19.7 Å². The molecule has 2 N–H and O–H groups in total. The minimum atomic E-state index is 0.222. The first kappa shape index (κ1) is 23.2. The van der Waals surface area contributed by atoms with E-state index in [1.165, 1.54) is 11.1 Å². The van der Waals surface area contributed by atoms with E-state index in [0.717, 1.165) is 70.2 Å². The molecule has 4 rings (SSSR count). The quantitative estimate of drug-likeness (QED) is 0.369. The monoisotopic (exact) mass is 448 g/mol. The van der Waals surface area contributed by atoms with Gasteiger partial charge in [0.2, 0.25) is 5.91 Å². The van der Waals surface area contributed by atoms with Crippen molar-refractivity contribution in [3.63, 3.8) is 0 Å². The average molecular weight is 449 g/mol. The van der Waals surface area contributed by atoms with Crippen molar-refractivity contribution in [3.8, 4) is 0 Å². The number of pyridine rings is 1. The van der Waals surface area contributed by atoms with Crippen LogP contribution in [-0.4, -0.2) is 58.9 Å². The molecule has 1 aromatic carbocycles. The highest BCUT2D eigenvalue weighted by Crippen LogP contribution is 2.23. The molecule has 1 aromatic heterocycles. The van der Waals surface area contributed by atoms with Crippen molar-refractivity contribution in [2.45, 2.75) is 58.3 Å². The lowest BCUT2D eigenvalue weighted by molar-refractivity contribution is -0.131. The number of amides is 1. The third kappa shape index (κ3) is 6.78. The van der Waals surface area contributed by atoms with Crippen LogP contribution in [-0.2, 0) is 24.4 Å². The molecule has 1 amide bonds. The van der Waals surface area contributed by atoms with Gasteiger partial charge in [-0.25, -0.2) is 0 Å². The number of likely N-dealkylation sites (tertiary alicyclic amines) is 1. The summed E-state index contributed by atoms with van der Waals surface area (Å²) in [6.45, 7) is 8.07. The molecule has 0 unspecified atom stereocenters. The van der Waals surface area contributed by atoms with Gasteiger partial charge in [0.05, 0.1) is 5.69 Å². The molecule has 7 heteroatoms. The summed E-state index contributed by atoms with van der Waals surface area (Å²) in [5, 5.41) is 6.95. The van der Waals surface area contributed by atoms with Crippen molar-refractivity contribution in [2.75, 3.05) is 26.2 Å². The zero-order valence-electron chi connectivity index (χ0n) is 19.7. The molecule has 0 saturated carbocycles. The number of benzene rings is 1. The number of carbonyl (C=O) groups excluding carboxylic acids is 1. The molecule has 176 valence electrons. The van der Waals surface area contributed by atoms with Crippen LogP contribution in [0.2, 0.25) is 0 Å². The fourth-order valence-corrected chi connectivity index (χ4v) is 4.56. The van der Waals surface area contributed by atoms with Crippen molar-refractivity contribution in [1.82, 2.24) is 25.4 Å². The Bertz CT molecular complexity index is 898. The Hall–Kier alpha value is -2.93. The van der Waals surface area contributed by atoms with Gasteiger partial charge in [0.25, 0.3) is 0 Å². The van der Waals surface area contributed by atoms with E-state index in [1.54, 1.807) is 0 Å². The van der Waals surface area contributed by atoms with E-state index >= 15 is 0 Å². The molecule has 0 spiro atoms. The lowest BCUT2D eigenvalue weighted by atomic mass is 10.0. The predicted octanol–water partition coefficient (Wildman–Crippen LogP) is 2.92. The Morgan fingerprint density at radius 1 is 1.09 bits per heavy atom. The number of hydrogen-bond donors (Lipinski definition) is 2. The van der Waals surface area contributed by atoms with Crippen LogP contribution in [0.15, 0.2) is 53.7 Å². The lowest BCUT2D eigenvalue weighted by Crippen LogP contribution is -2.48. The summed E-state index contributed by atoms with van der Waals surface area (Å²) in [4.78, 5) is 26.2. The van der Waals surface area contributed by atoms with Crippen molar-refractivity contribution >= 4 is 11.9 Å². The smallest absolute Gasteiger partial charge is 0.223 e. The molecular weight excluding hydrogens is 412 g/mol. The maximum Gasteiger partial charge on any atom is 0.223 e. The van der Waals surface area contributed by atoms with Gasteiger partial charge in [-0.2, -0.15) is 0 Å². The molecule has 1 fully saturated rings. The molecule has 0 bridgehead atoms. The Morgan fingerprint density at radius 3 is 2.48 bits per heavy atom. The number of nitrogens with one attached hydrogen (secondary N) is 2. The minimum Gasteiger partial charge on any atom is -0.357 e. The Labute approximate surface area is 197 Å². The van der Waals surface area contributed by atoms with Gasteiger partial charge in [0.15, 0.2) is 5.96 Å². The summed E-state index contributed by atoms with van der Waals surface area (Å²) in [6.07, 6.45) is 5.35. The number of piperidine rings is 1. The van der Waals surface area contributed by atoms with Crippen LogP contribution in [0.25, 0.3) is 0 Å². The third-order valence-corrected chi connectivity index (χ3v) is 6.40. The number of rotatable bonds is 8. The second-order valence-corrected chi connectivity index (χ2v) is 8.90. The van der Waals surface area contributed by atoms with E-state index in [1.807, 2.05) is 35.4 Å². The molecule has 3 heterocycles. The van der Waals surface area contributed by atoms with E-state index in [4.69, 9.17) is 4.99 Å². The Kier molecular flexibility index (Phi) is 8.30. The highest BCUT2D eigenvalue weighted by atomic mass is 16.2. The summed E-state index contributed by atoms with van der Waals surface area (Å²) in [5.74, 6) is 1.08. The summed E-state index contributed by atoms with van der Waals surface area (Å²) in [7, 11) is 0. The maximum atomic E-state index is 12.6. The summed E-state index contributed by atoms with van der Waals surface area (Å²) >= 11 is 0. The first-order chi connectivity index (χ1) is 16.2. The zero-order chi connectivity index (χ0) is 22.9. The maximum absolute atomic E-state index is 12.6. The SMILES string of the molecule is CCNC(=NCCCC(=O)N1Cc2ccccc2C1)NC1CCN(Cc2ccccn2)CC1. The van der Waals surface area contributed by atoms with E-state index < -0.39 is 0 Å². The van der Waals surface area contributed by atoms with Crippen molar-refractivity contribution in [3.05, 3.63) is 65.5 Å². The fraction of sp³-hybridized carbons (Fsp3) is 0.500. The second-order valence-electron chi connectivity index (χ2n) is 8.90. The summed E-state index contributed by atoms with van der Waals surface area (Å²) in [6, 6.07) is 14.8. The number of aromatic nitrogens is 1. The molecule has 7 nitrogen and oxygen atoms in total. The van der Waals surface area contributed by atoms with Crippen LogP contribution in [0.1, 0.15) is 49.4 Å². The first-order valence-corrected chi connectivity index (χ1v) is 12.2. The molecule has 33 heavy (non-hydrogen) atoms. The zero-order valence-corrected chi connectivity index (χ0v) is 19.7. The number of guanidine groups is 1. The minimum absolute atomic E-state index is 0.222. The second kappa shape index (κ2) is 11.8. The lowest BCUT2D eigenvalue weighted by Gasteiger charge is -2.32. The van der Waals surface area contributed by atoms with Crippen LogP contribution in [0.5, 0.6) is 0 Å². The topological polar surface area (TPSA) is 72.9 Å². The average Bonchev–Trinajstić information content (AvgIpc) is 3.28. The normalized spacial score (nSPS) is 17.1. The number of carbonyl (C=O) groups is 1. The molecule has 0 aliphatic carbocycles. The number of aliphatic imine (C=N–C) groups is 1. The van der Waals surface area contributed by atoms with Gasteiger partial charge in [-0.05, 0) is 49.4 Å². The third-order valence-electron chi connectivity index (χ3n) is 6.40. The summed E-state index contributed by atoms with van der Waals surface area (Å²) < 4.78 is 0. The molecule has 0 atom stereocenters. The largest absolute Gasteiger partial charge is 0.357 e. The van der Waals surface area contributed by atoms with E-state index in [2.05, 4.69) is 45.6 Å². The molecule has 1 saturated heterocycles. The molecule has 2 aliphatic rings. The highest BCUT2D eigenvalue weighted by molar-refractivity contribution is 5.80. The van der Waals surface area contributed by atoms with Gasteiger partial charge < -0.3 is 15.5 Å².